The quantitative estimate of drug-likeness (QED) is 0.756. The Morgan fingerprint density at radius 3 is 2.36 bits per heavy atom. The summed E-state index contributed by atoms with van der Waals surface area (Å²) in [7, 11) is 5.06. The van der Waals surface area contributed by atoms with Crippen molar-refractivity contribution >= 4 is 28.3 Å². The lowest BCUT2D eigenvalue weighted by atomic mass is 10.1. The van der Waals surface area contributed by atoms with Gasteiger partial charge in [0.1, 0.15) is 5.75 Å². The highest BCUT2D eigenvalue weighted by Gasteiger charge is 2.21. The molecule has 1 fully saturated rings. The first kappa shape index (κ1) is 18.2. The average molecular weight is 380 g/mol. The Bertz CT molecular complexity index is 1110. The van der Waals surface area contributed by atoms with Gasteiger partial charge in [-0.15, -0.1) is 0 Å². The van der Waals surface area contributed by atoms with Gasteiger partial charge in [-0.25, -0.2) is 4.79 Å². The Hall–Kier alpha value is -3.22. The molecule has 0 aliphatic carbocycles. The first-order valence-corrected chi connectivity index (χ1v) is 9.40. The molecule has 0 bridgehead atoms. The normalized spacial score (nSPS) is 13.9. The molecule has 3 aromatic rings. The van der Waals surface area contributed by atoms with Crippen LogP contribution in [0, 0.1) is 0 Å². The molecule has 1 aromatic heterocycles. The number of nitrogens with zero attached hydrogens (tertiary/aromatic N) is 3. The summed E-state index contributed by atoms with van der Waals surface area (Å²) < 4.78 is 8.56. The number of benzene rings is 2. The van der Waals surface area contributed by atoms with Crippen molar-refractivity contribution in [3.05, 3.63) is 52.4 Å². The summed E-state index contributed by atoms with van der Waals surface area (Å²) in [6, 6.07) is 11.0. The van der Waals surface area contributed by atoms with Gasteiger partial charge in [-0.2, -0.15) is 0 Å². The number of para-hydroxylation sites is 1. The lowest BCUT2D eigenvalue weighted by molar-refractivity contribution is 0.102. The van der Waals surface area contributed by atoms with Crippen molar-refractivity contribution in [1.82, 2.24) is 9.13 Å². The molecule has 0 saturated carbocycles. The van der Waals surface area contributed by atoms with Crippen molar-refractivity contribution in [2.45, 2.75) is 12.8 Å². The fraction of sp³-hybridized carbons (Fsp3) is 0.333. The van der Waals surface area contributed by atoms with Crippen LogP contribution in [0.25, 0.3) is 11.0 Å². The third-order valence-corrected chi connectivity index (χ3v) is 5.44. The van der Waals surface area contributed by atoms with E-state index in [0.29, 0.717) is 17.0 Å². The van der Waals surface area contributed by atoms with E-state index in [2.05, 4.69) is 10.2 Å². The molecule has 1 aliphatic heterocycles. The zero-order valence-corrected chi connectivity index (χ0v) is 16.4. The van der Waals surface area contributed by atoms with E-state index in [0.717, 1.165) is 42.7 Å². The van der Waals surface area contributed by atoms with E-state index < -0.39 is 0 Å². The predicted molar refractivity (Wildman–Crippen MR) is 111 cm³/mol. The highest BCUT2D eigenvalue weighted by Crippen LogP contribution is 2.34. The van der Waals surface area contributed by atoms with Gasteiger partial charge in [0.2, 0.25) is 0 Å². The van der Waals surface area contributed by atoms with Crippen LogP contribution in [-0.2, 0) is 14.1 Å². The van der Waals surface area contributed by atoms with E-state index in [1.54, 1.807) is 42.5 Å². The topological polar surface area (TPSA) is 68.5 Å². The number of fused-ring (bicyclic) bond motifs is 1. The Labute approximate surface area is 163 Å². The number of rotatable bonds is 4. The number of anilines is 2. The second-order valence-electron chi connectivity index (χ2n) is 7.11. The Kier molecular flexibility index (Phi) is 4.58. The molecule has 146 valence electrons. The second kappa shape index (κ2) is 7.07. The van der Waals surface area contributed by atoms with Crippen molar-refractivity contribution in [3.63, 3.8) is 0 Å². The zero-order valence-electron chi connectivity index (χ0n) is 16.4. The number of aryl methyl sites for hydroxylation is 2. The summed E-state index contributed by atoms with van der Waals surface area (Å²) in [6.45, 7) is 1.87. The number of methoxy groups -OCH3 is 1. The molecule has 1 N–H and O–H groups in total. The Morgan fingerprint density at radius 2 is 1.68 bits per heavy atom. The number of imidazole rings is 1. The van der Waals surface area contributed by atoms with Crippen molar-refractivity contribution in [3.8, 4) is 5.75 Å². The minimum atomic E-state index is -0.238. The number of ether oxygens (including phenoxy) is 1. The summed E-state index contributed by atoms with van der Waals surface area (Å²) in [4.78, 5) is 27.6. The van der Waals surface area contributed by atoms with E-state index >= 15 is 0 Å². The van der Waals surface area contributed by atoms with Gasteiger partial charge in [-0.1, -0.05) is 12.1 Å². The first-order chi connectivity index (χ1) is 13.5. The largest absolute Gasteiger partial charge is 0.496 e. The maximum absolute atomic E-state index is 13.0. The molecule has 0 radical (unpaired) electrons. The number of carbonyl (C=O) groups excluding carboxylic acids is 1. The summed E-state index contributed by atoms with van der Waals surface area (Å²) in [5.74, 6) is 0.286. The molecule has 2 heterocycles. The van der Waals surface area contributed by atoms with Crippen LogP contribution in [0.1, 0.15) is 23.2 Å². The predicted octanol–water partition coefficient (Wildman–Crippen LogP) is 2.74. The van der Waals surface area contributed by atoms with Gasteiger partial charge in [0.15, 0.2) is 0 Å². The fourth-order valence-electron chi connectivity index (χ4n) is 3.88. The van der Waals surface area contributed by atoms with Gasteiger partial charge < -0.3 is 15.0 Å². The molecule has 0 spiro atoms. The number of nitrogens with one attached hydrogen (secondary N) is 1. The van der Waals surface area contributed by atoms with Crippen LogP contribution in [0.2, 0.25) is 0 Å². The lowest BCUT2D eigenvalue weighted by Crippen LogP contribution is -2.21. The van der Waals surface area contributed by atoms with Crippen molar-refractivity contribution in [1.29, 1.82) is 0 Å². The van der Waals surface area contributed by atoms with Crippen LogP contribution in [-0.4, -0.2) is 35.2 Å². The van der Waals surface area contributed by atoms with E-state index in [1.807, 2.05) is 24.3 Å². The van der Waals surface area contributed by atoms with E-state index in [1.165, 1.54) is 0 Å². The van der Waals surface area contributed by atoms with Gasteiger partial charge >= 0.3 is 5.69 Å². The van der Waals surface area contributed by atoms with Gasteiger partial charge in [-0.3, -0.25) is 13.9 Å². The molecule has 1 amide bonds. The molecular formula is C21H24N4O3. The molecule has 0 atom stereocenters. The van der Waals surface area contributed by atoms with Crippen molar-refractivity contribution < 1.29 is 9.53 Å². The smallest absolute Gasteiger partial charge is 0.328 e. The Morgan fingerprint density at radius 1 is 1.04 bits per heavy atom. The fourth-order valence-corrected chi connectivity index (χ4v) is 3.88. The molecule has 7 heteroatoms. The lowest BCUT2D eigenvalue weighted by Gasteiger charge is -2.22. The van der Waals surface area contributed by atoms with Crippen LogP contribution >= 0.6 is 0 Å². The number of hydrogen-bond donors (Lipinski definition) is 1. The standard InChI is InChI=1S/C21H24N4O3/c1-23-17-12-15(22-20(26)14-8-4-5-9-19(14)28-3)16(25-10-6-7-11-25)13-18(17)24(2)21(23)27/h4-5,8-9,12-13H,6-7,10-11H2,1-3H3,(H,22,26). The van der Waals surface area contributed by atoms with Gasteiger partial charge in [-0.05, 0) is 37.1 Å². The number of amides is 1. The van der Waals surface area contributed by atoms with Crippen LogP contribution < -0.4 is 20.6 Å². The third kappa shape index (κ3) is 2.93. The molecule has 7 nitrogen and oxygen atoms in total. The van der Waals surface area contributed by atoms with Gasteiger partial charge in [0.25, 0.3) is 5.91 Å². The monoisotopic (exact) mass is 380 g/mol. The minimum Gasteiger partial charge on any atom is -0.496 e. The molecule has 1 saturated heterocycles. The summed E-state index contributed by atoms with van der Waals surface area (Å²) >= 11 is 0. The molecule has 28 heavy (non-hydrogen) atoms. The van der Waals surface area contributed by atoms with E-state index in [4.69, 9.17) is 4.74 Å². The SMILES string of the molecule is COc1ccccc1C(=O)Nc1cc2c(cc1N1CCCC1)n(C)c(=O)n2C. The molecular weight excluding hydrogens is 356 g/mol. The molecule has 2 aromatic carbocycles. The van der Waals surface area contributed by atoms with Crippen LogP contribution in [0.15, 0.2) is 41.2 Å². The summed E-state index contributed by atoms with van der Waals surface area (Å²) in [5, 5.41) is 3.04. The molecule has 4 rings (SSSR count). The second-order valence-corrected chi connectivity index (χ2v) is 7.11. The third-order valence-electron chi connectivity index (χ3n) is 5.44. The van der Waals surface area contributed by atoms with E-state index in [9.17, 15) is 9.59 Å². The number of aromatic nitrogens is 2. The summed E-state index contributed by atoms with van der Waals surface area (Å²) in [6.07, 6.45) is 2.23. The average Bonchev–Trinajstić information content (AvgIpc) is 3.32. The van der Waals surface area contributed by atoms with E-state index in [-0.39, 0.29) is 11.6 Å². The molecule has 1 aliphatic rings. The highest BCUT2D eigenvalue weighted by molar-refractivity contribution is 6.09. The van der Waals surface area contributed by atoms with Crippen molar-refractivity contribution in [2.24, 2.45) is 14.1 Å². The first-order valence-electron chi connectivity index (χ1n) is 9.40. The maximum atomic E-state index is 13.0. The van der Waals surface area contributed by atoms with Gasteiger partial charge in [0.05, 0.1) is 35.1 Å². The summed E-state index contributed by atoms with van der Waals surface area (Å²) in [5.41, 5.74) is 3.66. The van der Waals surface area contributed by atoms with Gasteiger partial charge in [0, 0.05) is 27.2 Å². The van der Waals surface area contributed by atoms with Crippen LogP contribution in [0.5, 0.6) is 5.75 Å². The number of hydrogen-bond acceptors (Lipinski definition) is 4. The van der Waals surface area contributed by atoms with Crippen LogP contribution in [0.3, 0.4) is 0 Å². The van der Waals surface area contributed by atoms with Crippen molar-refractivity contribution in [2.75, 3.05) is 30.4 Å². The zero-order chi connectivity index (χ0) is 19.8. The minimum absolute atomic E-state index is 0.0874. The highest BCUT2D eigenvalue weighted by atomic mass is 16.5. The van der Waals surface area contributed by atoms with Crippen LogP contribution in [0.4, 0.5) is 11.4 Å². The Balaban J connectivity index is 1.82. The molecule has 0 unspecified atom stereocenters. The number of carbonyl (C=O) groups is 1. The maximum Gasteiger partial charge on any atom is 0.328 e.